The van der Waals surface area contributed by atoms with Crippen LogP contribution in [-0.2, 0) is 6.54 Å². The standard InChI is InChI=1S/C12H19N3OS2/c1-12(2)3-4-15(5-6-18-12)11(16)9-8-17-10(7-13)14-9/h8H,3-7,13H2,1-2H3. The van der Waals surface area contributed by atoms with Gasteiger partial charge in [0, 0.05) is 35.5 Å². The van der Waals surface area contributed by atoms with E-state index in [-0.39, 0.29) is 10.7 Å². The van der Waals surface area contributed by atoms with Gasteiger partial charge in [-0.25, -0.2) is 4.98 Å². The Labute approximate surface area is 116 Å². The van der Waals surface area contributed by atoms with Crippen LogP contribution in [0.2, 0.25) is 0 Å². The van der Waals surface area contributed by atoms with E-state index in [2.05, 4.69) is 18.8 Å². The highest BCUT2D eigenvalue weighted by molar-refractivity contribution is 8.00. The lowest BCUT2D eigenvalue weighted by Crippen LogP contribution is -2.33. The van der Waals surface area contributed by atoms with Gasteiger partial charge in [-0.15, -0.1) is 11.3 Å². The zero-order valence-electron chi connectivity index (χ0n) is 10.8. The molecule has 1 aromatic rings. The molecule has 2 heterocycles. The average molecular weight is 285 g/mol. The largest absolute Gasteiger partial charge is 0.336 e. The molecule has 100 valence electrons. The number of thioether (sulfide) groups is 1. The van der Waals surface area contributed by atoms with Gasteiger partial charge in [-0.1, -0.05) is 13.8 Å². The number of aromatic nitrogens is 1. The van der Waals surface area contributed by atoms with E-state index in [0.717, 1.165) is 30.3 Å². The van der Waals surface area contributed by atoms with Crippen LogP contribution < -0.4 is 5.73 Å². The summed E-state index contributed by atoms with van der Waals surface area (Å²) in [4.78, 5) is 18.5. The Morgan fingerprint density at radius 2 is 2.33 bits per heavy atom. The van der Waals surface area contributed by atoms with E-state index >= 15 is 0 Å². The molecule has 2 N–H and O–H groups in total. The third kappa shape index (κ3) is 3.24. The summed E-state index contributed by atoms with van der Waals surface area (Å²) < 4.78 is 0.263. The quantitative estimate of drug-likeness (QED) is 0.902. The molecule has 0 saturated carbocycles. The summed E-state index contributed by atoms with van der Waals surface area (Å²) >= 11 is 3.39. The van der Waals surface area contributed by atoms with E-state index < -0.39 is 0 Å². The molecule has 1 aromatic heterocycles. The minimum atomic E-state index is 0.0456. The Morgan fingerprint density at radius 1 is 1.56 bits per heavy atom. The zero-order valence-corrected chi connectivity index (χ0v) is 12.4. The van der Waals surface area contributed by atoms with Crippen LogP contribution in [0.3, 0.4) is 0 Å². The van der Waals surface area contributed by atoms with Crippen molar-refractivity contribution in [2.75, 3.05) is 18.8 Å². The van der Waals surface area contributed by atoms with Crippen LogP contribution >= 0.6 is 23.1 Å². The highest BCUT2D eigenvalue weighted by atomic mass is 32.2. The summed E-state index contributed by atoms with van der Waals surface area (Å²) in [6, 6.07) is 0. The van der Waals surface area contributed by atoms with Crippen molar-refractivity contribution in [3.05, 3.63) is 16.1 Å². The van der Waals surface area contributed by atoms with Crippen LogP contribution in [0.1, 0.15) is 35.8 Å². The lowest BCUT2D eigenvalue weighted by atomic mass is 10.1. The molecular formula is C12H19N3OS2. The number of amides is 1. The van der Waals surface area contributed by atoms with Crippen LogP contribution in [0.15, 0.2) is 5.38 Å². The van der Waals surface area contributed by atoms with Crippen LogP contribution in [0, 0.1) is 0 Å². The number of carbonyl (C=O) groups excluding carboxylic acids is 1. The second-order valence-corrected chi connectivity index (χ2v) is 7.73. The minimum absolute atomic E-state index is 0.0456. The second kappa shape index (κ2) is 5.59. The van der Waals surface area contributed by atoms with Gasteiger partial charge in [0.05, 0.1) is 0 Å². The molecule has 18 heavy (non-hydrogen) atoms. The fourth-order valence-electron chi connectivity index (χ4n) is 1.89. The molecule has 4 nitrogen and oxygen atoms in total. The normalized spacial score (nSPS) is 19.6. The molecular weight excluding hydrogens is 266 g/mol. The van der Waals surface area contributed by atoms with E-state index in [1.54, 1.807) is 0 Å². The first kappa shape index (κ1) is 13.8. The molecule has 6 heteroatoms. The van der Waals surface area contributed by atoms with E-state index in [1.165, 1.54) is 11.3 Å². The van der Waals surface area contributed by atoms with Gasteiger partial charge in [0.15, 0.2) is 0 Å². The summed E-state index contributed by atoms with van der Waals surface area (Å²) in [7, 11) is 0. The van der Waals surface area contributed by atoms with Gasteiger partial charge in [-0.3, -0.25) is 4.79 Å². The van der Waals surface area contributed by atoms with Crippen molar-refractivity contribution in [3.8, 4) is 0 Å². The molecule has 0 unspecified atom stereocenters. The summed E-state index contributed by atoms with van der Waals surface area (Å²) in [6.45, 7) is 6.50. The zero-order chi connectivity index (χ0) is 13.2. The molecule has 0 spiro atoms. The second-order valence-electron chi connectivity index (χ2n) is 4.98. The van der Waals surface area contributed by atoms with Crippen molar-refractivity contribution in [1.82, 2.24) is 9.88 Å². The summed E-state index contributed by atoms with van der Waals surface area (Å²) in [6.07, 6.45) is 1.03. The van der Waals surface area contributed by atoms with Crippen molar-refractivity contribution < 1.29 is 4.79 Å². The molecule has 0 aliphatic carbocycles. The molecule has 1 aliphatic rings. The monoisotopic (exact) mass is 285 g/mol. The van der Waals surface area contributed by atoms with E-state index in [4.69, 9.17) is 5.73 Å². The molecule has 0 bridgehead atoms. The number of carbonyl (C=O) groups is 1. The van der Waals surface area contributed by atoms with Crippen molar-refractivity contribution >= 4 is 29.0 Å². The topological polar surface area (TPSA) is 59.2 Å². The summed E-state index contributed by atoms with van der Waals surface area (Å²) in [5.41, 5.74) is 6.07. The third-order valence-electron chi connectivity index (χ3n) is 3.07. The van der Waals surface area contributed by atoms with Gasteiger partial charge in [0.25, 0.3) is 5.91 Å². The maximum Gasteiger partial charge on any atom is 0.273 e. The van der Waals surface area contributed by atoms with Crippen LogP contribution in [0.25, 0.3) is 0 Å². The SMILES string of the molecule is CC1(C)CCN(C(=O)c2csc(CN)n2)CCS1. The molecule has 1 aliphatic heterocycles. The van der Waals surface area contributed by atoms with E-state index in [0.29, 0.717) is 12.2 Å². The minimum Gasteiger partial charge on any atom is -0.336 e. The Morgan fingerprint density at radius 3 is 3.00 bits per heavy atom. The molecule has 1 fully saturated rings. The highest BCUT2D eigenvalue weighted by Crippen LogP contribution is 2.31. The van der Waals surface area contributed by atoms with Crippen molar-refractivity contribution in [3.63, 3.8) is 0 Å². The van der Waals surface area contributed by atoms with Crippen LogP contribution in [0.5, 0.6) is 0 Å². The summed E-state index contributed by atoms with van der Waals surface area (Å²) in [5, 5.41) is 2.64. The molecule has 1 saturated heterocycles. The van der Waals surface area contributed by atoms with Gasteiger partial charge in [-0.2, -0.15) is 11.8 Å². The van der Waals surface area contributed by atoms with Gasteiger partial charge >= 0.3 is 0 Å². The number of hydrogen-bond acceptors (Lipinski definition) is 5. The van der Waals surface area contributed by atoms with Crippen LogP contribution in [0.4, 0.5) is 0 Å². The Balaban J connectivity index is 2.05. The van der Waals surface area contributed by atoms with E-state index in [9.17, 15) is 4.79 Å². The smallest absolute Gasteiger partial charge is 0.273 e. The predicted octanol–water partition coefficient (Wildman–Crippen LogP) is 1.96. The third-order valence-corrected chi connectivity index (χ3v) is 5.31. The van der Waals surface area contributed by atoms with Crippen molar-refractivity contribution in [2.45, 2.75) is 31.6 Å². The van der Waals surface area contributed by atoms with E-state index in [1.807, 2.05) is 22.0 Å². The average Bonchev–Trinajstić information content (AvgIpc) is 2.74. The maximum absolute atomic E-state index is 12.3. The number of rotatable bonds is 2. The number of hydrogen-bond donors (Lipinski definition) is 1. The number of nitrogens with zero attached hydrogens (tertiary/aromatic N) is 2. The predicted molar refractivity (Wildman–Crippen MR) is 77.1 cm³/mol. The first-order valence-electron chi connectivity index (χ1n) is 6.09. The Kier molecular flexibility index (Phi) is 4.29. The van der Waals surface area contributed by atoms with Crippen LogP contribution in [-0.4, -0.2) is 39.4 Å². The van der Waals surface area contributed by atoms with Crippen molar-refractivity contribution in [2.24, 2.45) is 5.73 Å². The first-order valence-corrected chi connectivity index (χ1v) is 7.96. The Hall–Kier alpha value is -0.590. The van der Waals surface area contributed by atoms with Gasteiger partial charge < -0.3 is 10.6 Å². The van der Waals surface area contributed by atoms with Crippen molar-refractivity contribution in [1.29, 1.82) is 0 Å². The molecule has 0 atom stereocenters. The maximum atomic E-state index is 12.3. The highest BCUT2D eigenvalue weighted by Gasteiger charge is 2.27. The number of nitrogens with two attached hydrogens (primary N) is 1. The molecule has 0 aromatic carbocycles. The van der Waals surface area contributed by atoms with Gasteiger partial charge in [0.1, 0.15) is 10.7 Å². The van der Waals surface area contributed by atoms with Gasteiger partial charge in [0.2, 0.25) is 0 Å². The molecule has 1 amide bonds. The number of thiazole rings is 1. The fraction of sp³-hybridized carbons (Fsp3) is 0.667. The lowest BCUT2D eigenvalue weighted by molar-refractivity contribution is 0.0759. The summed E-state index contributed by atoms with van der Waals surface area (Å²) in [5.74, 6) is 1.04. The lowest BCUT2D eigenvalue weighted by Gasteiger charge is -2.22. The first-order chi connectivity index (χ1) is 8.52. The molecule has 0 radical (unpaired) electrons. The fourth-order valence-corrected chi connectivity index (χ4v) is 3.64. The van der Waals surface area contributed by atoms with Gasteiger partial charge in [-0.05, 0) is 6.42 Å². The molecule has 2 rings (SSSR count). The Bertz CT molecular complexity index is 431.